The molecular weight excluding hydrogens is 525 g/mol. The summed E-state index contributed by atoms with van der Waals surface area (Å²) in [4.78, 5) is 27.9. The summed E-state index contributed by atoms with van der Waals surface area (Å²) in [7, 11) is 1.29. The summed E-state index contributed by atoms with van der Waals surface area (Å²) in [5.41, 5.74) is 2.82. The molecule has 1 aromatic heterocycles. The van der Waals surface area contributed by atoms with Crippen LogP contribution in [0.4, 0.5) is 18.0 Å². The fraction of sp³-hybridized carbons (Fsp3) is 0.333. The number of furan rings is 1. The number of methoxy groups -OCH3 is 1. The second kappa shape index (κ2) is 11.1. The van der Waals surface area contributed by atoms with Gasteiger partial charge >= 0.3 is 18.2 Å². The monoisotopic (exact) mass is 554 g/mol. The molecule has 7 nitrogen and oxygen atoms in total. The Morgan fingerprint density at radius 2 is 1.85 bits per heavy atom. The number of aryl methyl sites for hydroxylation is 1. The van der Waals surface area contributed by atoms with E-state index in [1.54, 1.807) is 4.90 Å². The standard InChI is InChI=1S/C30H29F3N2O5/c1-18-13-21(27(40-18)30(31,32)33)16-34-29(37)35-22-11-12-25(35)26(28(36)38-2)24(15-22)20-9-6-10-23(14-20)39-17-19-7-4-3-5-8-19/h3-10,13-14,22,25H,11-12,15-17H2,1-2H3,(H,34,37). The molecule has 1 fully saturated rings. The minimum Gasteiger partial charge on any atom is -0.489 e. The van der Waals surface area contributed by atoms with Gasteiger partial charge in [0.15, 0.2) is 0 Å². The second-order valence-corrected chi connectivity index (χ2v) is 9.91. The lowest BCUT2D eigenvalue weighted by atomic mass is 9.88. The van der Waals surface area contributed by atoms with E-state index in [9.17, 15) is 22.8 Å². The first-order valence-electron chi connectivity index (χ1n) is 13.0. The van der Waals surface area contributed by atoms with Gasteiger partial charge in [0.2, 0.25) is 5.76 Å². The van der Waals surface area contributed by atoms with Crippen LogP contribution in [-0.2, 0) is 28.9 Å². The van der Waals surface area contributed by atoms with Gasteiger partial charge in [0.25, 0.3) is 0 Å². The number of hydrogen-bond acceptors (Lipinski definition) is 5. The SMILES string of the molecule is COC(=O)C1=C(c2cccc(OCc3ccccc3)c2)CC2CCC1N2C(=O)NCc1cc(C)oc1C(F)(F)F. The highest BCUT2D eigenvalue weighted by atomic mass is 19.4. The summed E-state index contributed by atoms with van der Waals surface area (Å²) in [5.74, 6) is -0.927. The highest BCUT2D eigenvalue weighted by molar-refractivity contribution is 6.01. The topological polar surface area (TPSA) is 81.0 Å². The number of urea groups is 1. The summed E-state index contributed by atoms with van der Waals surface area (Å²) in [6, 6.07) is 17.1. The summed E-state index contributed by atoms with van der Waals surface area (Å²) >= 11 is 0. The molecule has 0 spiro atoms. The lowest BCUT2D eigenvalue weighted by molar-refractivity contribution is -0.154. The van der Waals surface area contributed by atoms with Crippen molar-refractivity contribution in [2.45, 2.75) is 57.6 Å². The molecule has 0 aliphatic carbocycles. The van der Waals surface area contributed by atoms with Gasteiger partial charge < -0.3 is 24.1 Å². The third kappa shape index (κ3) is 5.57. The Morgan fingerprint density at radius 3 is 2.58 bits per heavy atom. The molecule has 0 radical (unpaired) electrons. The van der Waals surface area contributed by atoms with Crippen molar-refractivity contribution < 1.29 is 36.7 Å². The third-order valence-electron chi connectivity index (χ3n) is 7.29. The van der Waals surface area contributed by atoms with Crippen LogP contribution in [0.25, 0.3) is 5.57 Å². The van der Waals surface area contributed by atoms with Crippen LogP contribution in [0.5, 0.6) is 5.75 Å². The number of hydrogen-bond donors (Lipinski definition) is 1. The molecule has 1 N–H and O–H groups in total. The molecule has 3 aromatic rings. The molecule has 2 aliphatic heterocycles. The summed E-state index contributed by atoms with van der Waals surface area (Å²) in [6.07, 6.45) is -3.09. The third-order valence-corrected chi connectivity index (χ3v) is 7.29. The summed E-state index contributed by atoms with van der Waals surface area (Å²) in [6.45, 7) is 1.45. The van der Waals surface area contributed by atoms with E-state index in [4.69, 9.17) is 13.9 Å². The van der Waals surface area contributed by atoms with Crippen molar-refractivity contribution in [2.75, 3.05) is 7.11 Å². The Kier molecular flexibility index (Phi) is 7.60. The van der Waals surface area contributed by atoms with Crippen molar-refractivity contribution in [2.24, 2.45) is 0 Å². The first-order valence-corrected chi connectivity index (χ1v) is 13.0. The predicted octanol–water partition coefficient (Wildman–Crippen LogP) is 6.26. The van der Waals surface area contributed by atoms with Crippen molar-refractivity contribution in [1.82, 2.24) is 10.2 Å². The zero-order chi connectivity index (χ0) is 28.4. The molecule has 210 valence electrons. The van der Waals surface area contributed by atoms with Crippen LogP contribution in [0.3, 0.4) is 0 Å². The van der Waals surface area contributed by atoms with Crippen LogP contribution in [0, 0.1) is 6.92 Å². The highest BCUT2D eigenvalue weighted by Crippen LogP contribution is 2.44. The van der Waals surface area contributed by atoms with E-state index in [0.717, 1.165) is 16.7 Å². The second-order valence-electron chi connectivity index (χ2n) is 9.91. The van der Waals surface area contributed by atoms with Gasteiger partial charge in [-0.3, -0.25) is 0 Å². The van der Waals surface area contributed by atoms with Crippen molar-refractivity contribution in [3.05, 3.63) is 94.4 Å². The van der Waals surface area contributed by atoms with Crippen LogP contribution in [0.15, 0.2) is 70.7 Å². The molecular formula is C30H29F3N2O5. The maximum Gasteiger partial charge on any atom is 0.449 e. The number of halogens is 3. The molecule has 2 unspecified atom stereocenters. The molecule has 3 heterocycles. The molecule has 2 atom stereocenters. The molecule has 2 aromatic carbocycles. The van der Waals surface area contributed by atoms with Crippen LogP contribution in [0.2, 0.25) is 0 Å². The van der Waals surface area contributed by atoms with Crippen LogP contribution >= 0.6 is 0 Å². The first-order chi connectivity index (χ1) is 19.2. The zero-order valence-corrected chi connectivity index (χ0v) is 22.1. The maximum absolute atomic E-state index is 13.3. The first kappa shape index (κ1) is 27.4. The van der Waals surface area contributed by atoms with Gasteiger partial charge in [-0.25, -0.2) is 9.59 Å². The van der Waals surface area contributed by atoms with E-state index >= 15 is 0 Å². The molecule has 2 aliphatic rings. The summed E-state index contributed by atoms with van der Waals surface area (Å²) < 4.78 is 55.9. The number of esters is 1. The Bertz CT molecular complexity index is 1430. The Hall–Kier alpha value is -4.21. The average Bonchev–Trinajstić information content (AvgIpc) is 3.48. The van der Waals surface area contributed by atoms with E-state index < -0.39 is 30.0 Å². The minimum absolute atomic E-state index is 0.102. The van der Waals surface area contributed by atoms with E-state index in [2.05, 4.69) is 5.32 Å². The van der Waals surface area contributed by atoms with Gasteiger partial charge in [-0.1, -0.05) is 42.5 Å². The Morgan fingerprint density at radius 1 is 1.07 bits per heavy atom. The number of rotatable bonds is 7. The van der Waals surface area contributed by atoms with Crippen LogP contribution in [-0.4, -0.2) is 36.1 Å². The van der Waals surface area contributed by atoms with Crippen molar-refractivity contribution >= 4 is 17.6 Å². The number of ether oxygens (including phenoxy) is 2. The molecule has 0 saturated carbocycles. The number of amides is 2. The number of carbonyl (C=O) groups excluding carboxylic acids is 2. The van der Waals surface area contributed by atoms with Crippen molar-refractivity contribution in [3.8, 4) is 5.75 Å². The number of nitrogens with zero attached hydrogens (tertiary/aromatic N) is 1. The van der Waals surface area contributed by atoms with Gasteiger partial charge in [0.1, 0.15) is 18.1 Å². The van der Waals surface area contributed by atoms with Crippen molar-refractivity contribution in [1.29, 1.82) is 0 Å². The fourth-order valence-corrected chi connectivity index (χ4v) is 5.58. The lowest BCUT2D eigenvalue weighted by Crippen LogP contribution is -2.50. The van der Waals surface area contributed by atoms with Crippen LogP contribution in [0.1, 0.15) is 47.5 Å². The van der Waals surface area contributed by atoms with Gasteiger partial charge in [-0.2, -0.15) is 13.2 Å². The number of carbonyl (C=O) groups is 2. The Labute approximate surface area is 229 Å². The zero-order valence-electron chi connectivity index (χ0n) is 22.1. The van der Waals surface area contributed by atoms with Gasteiger partial charge in [0.05, 0.1) is 18.7 Å². The largest absolute Gasteiger partial charge is 0.489 e. The molecule has 2 amide bonds. The average molecular weight is 555 g/mol. The maximum atomic E-state index is 13.3. The smallest absolute Gasteiger partial charge is 0.449 e. The fourth-order valence-electron chi connectivity index (χ4n) is 5.58. The van der Waals surface area contributed by atoms with Gasteiger partial charge in [0, 0.05) is 18.2 Å². The van der Waals surface area contributed by atoms with E-state index in [1.165, 1.54) is 20.1 Å². The van der Waals surface area contributed by atoms with Gasteiger partial charge in [-0.05, 0) is 61.1 Å². The molecule has 10 heteroatoms. The van der Waals surface area contributed by atoms with E-state index in [-0.39, 0.29) is 23.9 Å². The molecule has 5 rings (SSSR count). The van der Waals surface area contributed by atoms with E-state index in [0.29, 0.717) is 37.2 Å². The van der Waals surface area contributed by atoms with Crippen LogP contribution < -0.4 is 10.1 Å². The lowest BCUT2D eigenvalue weighted by Gasteiger charge is -2.37. The molecule has 1 saturated heterocycles. The number of alkyl halides is 3. The van der Waals surface area contributed by atoms with Gasteiger partial charge in [-0.15, -0.1) is 0 Å². The van der Waals surface area contributed by atoms with E-state index in [1.807, 2.05) is 54.6 Å². The minimum atomic E-state index is -4.67. The predicted molar refractivity (Wildman–Crippen MR) is 140 cm³/mol. The number of benzene rings is 2. The quantitative estimate of drug-likeness (QED) is 0.349. The molecule has 2 bridgehead atoms. The number of fused-ring (bicyclic) bond motifs is 2. The Balaban J connectivity index is 1.38. The summed E-state index contributed by atoms with van der Waals surface area (Å²) in [5, 5.41) is 2.60. The van der Waals surface area contributed by atoms with Crippen molar-refractivity contribution in [3.63, 3.8) is 0 Å². The normalized spacial score (nSPS) is 18.6. The number of nitrogens with one attached hydrogen (secondary N) is 1. The highest BCUT2D eigenvalue weighted by Gasteiger charge is 2.47. The molecule has 40 heavy (non-hydrogen) atoms.